The molecule has 6 nitrogen and oxygen atoms in total. The molecule has 0 fully saturated rings. The van der Waals surface area contributed by atoms with E-state index < -0.39 is 17.6 Å². The number of halogens is 3. The zero-order valence-corrected chi connectivity index (χ0v) is 12.2. The number of benzene rings is 1. The predicted octanol–water partition coefficient (Wildman–Crippen LogP) is 2.63. The van der Waals surface area contributed by atoms with Crippen molar-refractivity contribution in [3.05, 3.63) is 41.3 Å². The predicted molar refractivity (Wildman–Crippen MR) is 73.2 cm³/mol. The minimum atomic E-state index is -4.52. The summed E-state index contributed by atoms with van der Waals surface area (Å²) in [5, 5.41) is 18.3. The zero-order chi connectivity index (χ0) is 16.9. The summed E-state index contributed by atoms with van der Waals surface area (Å²) >= 11 is 1.04. The monoisotopic (exact) mass is 342 g/mol. The van der Waals surface area contributed by atoms with E-state index in [-0.39, 0.29) is 29.0 Å². The molecule has 120 valence electrons. The number of hydrogen-bond donors (Lipinski definition) is 1. The molecule has 0 saturated heterocycles. The van der Waals surface area contributed by atoms with Gasteiger partial charge in [-0.15, -0.1) is 10.2 Å². The molecule has 0 aliphatic rings. The second-order valence-electron chi connectivity index (χ2n) is 4.17. The van der Waals surface area contributed by atoms with Crippen LogP contribution in [-0.2, 0) is 12.7 Å². The lowest BCUT2D eigenvalue weighted by molar-refractivity contribution is -0.137. The van der Waals surface area contributed by atoms with Crippen LogP contribution in [0.2, 0.25) is 0 Å². The summed E-state index contributed by atoms with van der Waals surface area (Å²) in [6.45, 7) is -0.130. The molecule has 0 aliphatic heterocycles. The molecule has 0 bridgehead atoms. The lowest BCUT2D eigenvalue weighted by Crippen LogP contribution is -2.23. The van der Waals surface area contributed by atoms with Gasteiger partial charge in [-0.05, 0) is 18.2 Å². The Kier molecular flexibility index (Phi) is 5.23. The van der Waals surface area contributed by atoms with Gasteiger partial charge in [0.05, 0.1) is 23.9 Å². The van der Waals surface area contributed by atoms with Crippen LogP contribution >= 0.6 is 11.8 Å². The van der Waals surface area contributed by atoms with Crippen LogP contribution in [0.4, 0.5) is 13.2 Å². The van der Waals surface area contributed by atoms with Gasteiger partial charge in [-0.3, -0.25) is 4.79 Å². The Morgan fingerprint density at radius 1 is 1.39 bits per heavy atom. The Morgan fingerprint density at radius 2 is 2.17 bits per heavy atom. The van der Waals surface area contributed by atoms with Gasteiger partial charge in [-0.25, -0.2) is 0 Å². The fourth-order valence-corrected chi connectivity index (χ4v) is 2.00. The van der Waals surface area contributed by atoms with E-state index in [1.54, 1.807) is 0 Å². The Morgan fingerprint density at radius 3 is 2.87 bits per heavy atom. The van der Waals surface area contributed by atoms with E-state index in [4.69, 9.17) is 9.68 Å². The Labute approximate surface area is 132 Å². The van der Waals surface area contributed by atoms with E-state index >= 15 is 0 Å². The number of nitrogens with zero attached hydrogens (tertiary/aromatic N) is 3. The normalized spacial score (nSPS) is 11.0. The third-order valence-corrected chi connectivity index (χ3v) is 3.25. The molecule has 2 aromatic rings. The molecule has 0 radical (unpaired) electrons. The molecule has 1 N–H and O–H groups in total. The van der Waals surface area contributed by atoms with E-state index in [0.29, 0.717) is 0 Å². The molecule has 10 heteroatoms. The molecule has 0 spiro atoms. The molecule has 0 atom stereocenters. The van der Waals surface area contributed by atoms with Crippen LogP contribution in [0.1, 0.15) is 21.8 Å². The van der Waals surface area contributed by atoms with E-state index in [1.807, 2.05) is 6.07 Å². The van der Waals surface area contributed by atoms with Gasteiger partial charge >= 0.3 is 6.18 Å². The average Bonchev–Trinajstić information content (AvgIpc) is 2.98. The van der Waals surface area contributed by atoms with E-state index in [0.717, 1.165) is 30.0 Å². The van der Waals surface area contributed by atoms with Crippen molar-refractivity contribution < 1.29 is 22.4 Å². The third kappa shape index (κ3) is 4.72. The minimum Gasteiger partial charge on any atom is -0.414 e. The maximum atomic E-state index is 12.6. The highest BCUT2D eigenvalue weighted by molar-refractivity contribution is 7.99. The first-order valence-electron chi connectivity index (χ1n) is 6.17. The summed E-state index contributed by atoms with van der Waals surface area (Å²) < 4.78 is 42.9. The van der Waals surface area contributed by atoms with Crippen LogP contribution in [0.5, 0.6) is 0 Å². The van der Waals surface area contributed by atoms with E-state index in [1.165, 1.54) is 6.07 Å². The number of alkyl halides is 3. The van der Waals surface area contributed by atoms with E-state index in [2.05, 4.69) is 15.5 Å². The summed E-state index contributed by atoms with van der Waals surface area (Å²) in [5.41, 5.74) is -1.03. The fraction of sp³-hybridized carbons (Fsp3) is 0.231. The third-order valence-electron chi connectivity index (χ3n) is 2.56. The van der Waals surface area contributed by atoms with Crippen LogP contribution in [0.25, 0.3) is 0 Å². The number of hydrogen-bond acceptors (Lipinski definition) is 6. The van der Waals surface area contributed by atoms with Crippen LogP contribution in [0.3, 0.4) is 0 Å². The number of rotatable bonds is 5. The summed E-state index contributed by atoms with van der Waals surface area (Å²) in [5.74, 6) is -0.468. The number of amides is 1. The number of carbonyl (C=O) groups is 1. The van der Waals surface area contributed by atoms with Crippen molar-refractivity contribution in [2.45, 2.75) is 17.9 Å². The van der Waals surface area contributed by atoms with Gasteiger partial charge in [0.1, 0.15) is 0 Å². The average molecular weight is 342 g/mol. The molecule has 0 saturated carbocycles. The van der Waals surface area contributed by atoms with Gasteiger partial charge in [0.25, 0.3) is 11.1 Å². The zero-order valence-electron chi connectivity index (χ0n) is 11.4. The number of nitrogens with one attached hydrogen (secondary N) is 1. The second kappa shape index (κ2) is 7.15. The Balaban J connectivity index is 1.97. The van der Waals surface area contributed by atoms with Gasteiger partial charge < -0.3 is 9.73 Å². The van der Waals surface area contributed by atoms with Gasteiger partial charge in [0.15, 0.2) is 0 Å². The second-order valence-corrected chi connectivity index (χ2v) is 5.10. The first-order valence-corrected chi connectivity index (χ1v) is 7.16. The number of nitriles is 1. The highest BCUT2D eigenvalue weighted by Crippen LogP contribution is 2.29. The van der Waals surface area contributed by atoms with Crippen molar-refractivity contribution in [2.24, 2.45) is 0 Å². The summed E-state index contributed by atoms with van der Waals surface area (Å²) in [6.07, 6.45) is -4.52. The lowest BCUT2D eigenvalue weighted by atomic mass is 10.1. The minimum absolute atomic E-state index is 0.0887. The molecule has 1 amide bonds. The fourth-order valence-electron chi connectivity index (χ4n) is 1.56. The van der Waals surface area contributed by atoms with Crippen molar-refractivity contribution in [2.75, 3.05) is 5.75 Å². The summed E-state index contributed by atoms with van der Waals surface area (Å²) in [6, 6.07) is 5.96. The molecular weight excluding hydrogens is 333 g/mol. The highest BCUT2D eigenvalue weighted by atomic mass is 32.2. The van der Waals surface area contributed by atoms with Crippen molar-refractivity contribution in [3.8, 4) is 6.07 Å². The van der Waals surface area contributed by atoms with Crippen molar-refractivity contribution in [1.29, 1.82) is 5.26 Å². The van der Waals surface area contributed by atoms with Gasteiger partial charge in [0, 0.05) is 5.56 Å². The first-order chi connectivity index (χ1) is 10.9. The summed E-state index contributed by atoms with van der Waals surface area (Å²) in [7, 11) is 0. The Bertz CT molecular complexity index is 739. The maximum absolute atomic E-state index is 12.6. The molecular formula is C13H9F3N4O2S. The van der Waals surface area contributed by atoms with Gasteiger partial charge in [-0.2, -0.15) is 18.4 Å². The summed E-state index contributed by atoms with van der Waals surface area (Å²) in [4.78, 5) is 11.9. The number of thioether (sulfide) groups is 1. The van der Waals surface area contributed by atoms with Crippen molar-refractivity contribution >= 4 is 17.7 Å². The molecule has 23 heavy (non-hydrogen) atoms. The van der Waals surface area contributed by atoms with Crippen LogP contribution in [-0.4, -0.2) is 21.9 Å². The van der Waals surface area contributed by atoms with Gasteiger partial charge in [-0.1, -0.05) is 17.8 Å². The SMILES string of the molecule is N#CCSc1nnc(CNC(=O)c2cccc(C(F)(F)F)c2)o1. The molecule has 1 aromatic carbocycles. The maximum Gasteiger partial charge on any atom is 0.416 e. The highest BCUT2D eigenvalue weighted by Gasteiger charge is 2.30. The van der Waals surface area contributed by atoms with Crippen LogP contribution in [0.15, 0.2) is 33.9 Å². The van der Waals surface area contributed by atoms with Crippen molar-refractivity contribution in [1.82, 2.24) is 15.5 Å². The van der Waals surface area contributed by atoms with E-state index in [9.17, 15) is 18.0 Å². The van der Waals surface area contributed by atoms with Crippen LogP contribution in [0, 0.1) is 11.3 Å². The van der Waals surface area contributed by atoms with Crippen LogP contribution < -0.4 is 5.32 Å². The molecule has 0 unspecified atom stereocenters. The molecule has 1 aromatic heterocycles. The quantitative estimate of drug-likeness (QED) is 0.840. The number of carbonyl (C=O) groups excluding carboxylic acids is 1. The Hall–Kier alpha value is -2.54. The molecule has 0 aliphatic carbocycles. The first kappa shape index (κ1) is 16.8. The molecule has 1 heterocycles. The number of aromatic nitrogens is 2. The smallest absolute Gasteiger partial charge is 0.414 e. The topological polar surface area (TPSA) is 91.8 Å². The lowest BCUT2D eigenvalue weighted by Gasteiger charge is -2.08. The van der Waals surface area contributed by atoms with Crippen molar-refractivity contribution in [3.63, 3.8) is 0 Å². The van der Waals surface area contributed by atoms with Gasteiger partial charge in [0.2, 0.25) is 5.89 Å². The standard InChI is InChI=1S/C13H9F3N4O2S/c14-13(15,16)9-3-1-2-8(6-9)11(21)18-7-10-19-20-12(22-10)23-5-4-17/h1-3,6H,5,7H2,(H,18,21). The largest absolute Gasteiger partial charge is 0.416 e. The molecule has 2 rings (SSSR count).